The number of benzene rings is 1. The zero-order valence-corrected chi connectivity index (χ0v) is 18.8. The minimum absolute atomic E-state index is 0.00514. The summed E-state index contributed by atoms with van der Waals surface area (Å²) in [6.07, 6.45) is 14.5. The molecule has 0 aliphatic carbocycles. The van der Waals surface area contributed by atoms with E-state index in [1.807, 2.05) is 6.07 Å². The fraction of sp³-hybridized carbons (Fsp3) is 0.696. The van der Waals surface area contributed by atoms with Gasteiger partial charge in [0.15, 0.2) is 0 Å². The maximum atomic E-state index is 11.2. The van der Waals surface area contributed by atoms with Crippen LogP contribution in [0.5, 0.6) is 0 Å². The Morgan fingerprint density at radius 2 is 1.50 bits per heavy atom. The summed E-state index contributed by atoms with van der Waals surface area (Å²) in [5, 5.41) is 12.5. The molecule has 0 aliphatic heterocycles. The smallest absolute Gasteiger partial charge is 0.337 e. The Morgan fingerprint density at radius 3 is 2.14 bits per heavy atom. The molecular weight excluding hydrogens is 393 g/mol. The van der Waals surface area contributed by atoms with Crippen molar-refractivity contribution in [3.05, 3.63) is 29.8 Å². The van der Waals surface area contributed by atoms with E-state index < -0.39 is 5.97 Å². The average Bonchev–Trinajstić information content (AvgIpc) is 2.67. The van der Waals surface area contributed by atoms with Gasteiger partial charge in [-0.15, -0.1) is 23.2 Å². The van der Waals surface area contributed by atoms with Crippen molar-refractivity contribution in [2.75, 3.05) is 11.9 Å². The van der Waals surface area contributed by atoms with E-state index in [1.165, 1.54) is 57.8 Å². The largest absolute Gasteiger partial charge is 0.478 e. The molecule has 2 unspecified atom stereocenters. The van der Waals surface area contributed by atoms with Crippen molar-refractivity contribution in [3.63, 3.8) is 0 Å². The highest BCUT2D eigenvalue weighted by Gasteiger charge is 2.13. The van der Waals surface area contributed by atoms with Gasteiger partial charge < -0.3 is 10.4 Å². The van der Waals surface area contributed by atoms with Gasteiger partial charge >= 0.3 is 5.97 Å². The van der Waals surface area contributed by atoms with Crippen molar-refractivity contribution >= 4 is 34.9 Å². The first kappa shape index (κ1) is 25.1. The summed E-state index contributed by atoms with van der Waals surface area (Å²) < 4.78 is 0. The second-order valence-electron chi connectivity index (χ2n) is 7.61. The molecule has 0 saturated heterocycles. The number of anilines is 1. The Labute approximate surface area is 181 Å². The van der Waals surface area contributed by atoms with Gasteiger partial charge in [-0.1, -0.05) is 76.8 Å². The molecule has 0 radical (unpaired) electrons. The lowest BCUT2D eigenvalue weighted by molar-refractivity contribution is 0.0698. The molecular formula is C23H37Cl2NO2. The molecule has 28 heavy (non-hydrogen) atoms. The third-order valence-electron chi connectivity index (χ3n) is 5.06. The summed E-state index contributed by atoms with van der Waals surface area (Å²) in [4.78, 5) is 11.2. The van der Waals surface area contributed by atoms with Crippen molar-refractivity contribution in [2.45, 2.75) is 94.7 Å². The monoisotopic (exact) mass is 429 g/mol. The molecule has 0 fully saturated rings. The summed E-state index contributed by atoms with van der Waals surface area (Å²) in [5.41, 5.74) is 0.921. The van der Waals surface area contributed by atoms with Crippen LogP contribution in [-0.4, -0.2) is 28.4 Å². The Balaban J connectivity index is 2.07. The van der Waals surface area contributed by atoms with Gasteiger partial charge in [-0.05, 0) is 31.4 Å². The van der Waals surface area contributed by atoms with Crippen molar-refractivity contribution in [3.8, 4) is 0 Å². The highest BCUT2D eigenvalue weighted by molar-refractivity contribution is 6.23. The predicted octanol–water partition coefficient (Wildman–Crippen LogP) is 7.71. The molecule has 0 amide bonds. The second kappa shape index (κ2) is 15.9. The number of unbranched alkanes of at least 4 members (excludes halogenated alkanes) is 8. The van der Waals surface area contributed by atoms with Crippen LogP contribution in [0.15, 0.2) is 24.3 Å². The zero-order chi connectivity index (χ0) is 20.6. The Kier molecular flexibility index (Phi) is 14.3. The van der Waals surface area contributed by atoms with Crippen LogP contribution in [-0.2, 0) is 0 Å². The van der Waals surface area contributed by atoms with Gasteiger partial charge in [0, 0.05) is 23.0 Å². The molecule has 1 rings (SSSR count). The van der Waals surface area contributed by atoms with Crippen LogP contribution < -0.4 is 5.32 Å². The third kappa shape index (κ3) is 11.8. The van der Waals surface area contributed by atoms with E-state index in [-0.39, 0.29) is 16.3 Å². The molecule has 0 bridgehead atoms. The van der Waals surface area contributed by atoms with Gasteiger partial charge in [-0.3, -0.25) is 0 Å². The average molecular weight is 430 g/mol. The number of halogens is 2. The number of aromatic carboxylic acids is 1. The lowest BCUT2D eigenvalue weighted by Crippen LogP contribution is -2.14. The maximum Gasteiger partial charge on any atom is 0.337 e. The van der Waals surface area contributed by atoms with Gasteiger partial charge in [0.1, 0.15) is 0 Å². The number of carboxylic acids is 1. The summed E-state index contributed by atoms with van der Waals surface area (Å²) in [6, 6.07) is 6.93. The normalized spacial score (nSPS) is 13.2. The number of carbonyl (C=O) groups is 1. The molecule has 1 aromatic rings. The number of nitrogens with one attached hydrogen (secondary N) is 1. The molecule has 0 heterocycles. The minimum Gasteiger partial charge on any atom is -0.478 e. The van der Waals surface area contributed by atoms with E-state index in [1.54, 1.807) is 18.2 Å². The standard InChI is InChI=1S/C23H37Cl2NO2/c1-2-3-4-5-6-7-8-9-10-13-19(24)18-20(25)16-17-26-22-15-12-11-14-21(22)23(27)28/h11-12,14-15,19-20,26H,2-10,13,16-18H2,1H3,(H,27,28). The first-order valence-corrected chi connectivity index (χ1v) is 11.8. The number of hydrogen-bond acceptors (Lipinski definition) is 2. The van der Waals surface area contributed by atoms with Crippen LogP contribution >= 0.6 is 23.2 Å². The second-order valence-corrected chi connectivity index (χ2v) is 8.85. The molecule has 1 aromatic carbocycles. The molecule has 2 N–H and O–H groups in total. The molecule has 0 aromatic heterocycles. The van der Waals surface area contributed by atoms with Crippen LogP contribution in [0.3, 0.4) is 0 Å². The van der Waals surface area contributed by atoms with Crippen molar-refractivity contribution in [2.24, 2.45) is 0 Å². The fourth-order valence-corrected chi connectivity index (χ4v) is 4.16. The third-order valence-corrected chi connectivity index (χ3v) is 5.86. The SMILES string of the molecule is CCCCCCCCCCCC(Cl)CC(Cl)CCNc1ccccc1C(=O)O. The molecule has 0 aliphatic rings. The van der Waals surface area contributed by atoms with Gasteiger partial charge in [-0.2, -0.15) is 0 Å². The van der Waals surface area contributed by atoms with Crippen molar-refractivity contribution in [1.82, 2.24) is 0 Å². The number of para-hydroxylation sites is 1. The minimum atomic E-state index is -0.924. The van der Waals surface area contributed by atoms with Crippen LogP contribution in [0, 0.1) is 0 Å². The molecule has 5 heteroatoms. The van der Waals surface area contributed by atoms with Crippen LogP contribution in [0.2, 0.25) is 0 Å². The van der Waals surface area contributed by atoms with Gasteiger partial charge in [0.2, 0.25) is 0 Å². The lowest BCUT2D eigenvalue weighted by Gasteiger charge is -2.15. The Hall–Kier alpha value is -0.930. The lowest BCUT2D eigenvalue weighted by atomic mass is 10.0. The summed E-state index contributed by atoms with van der Waals surface area (Å²) in [5.74, 6) is -0.924. The molecule has 160 valence electrons. The highest BCUT2D eigenvalue weighted by Crippen LogP contribution is 2.21. The molecule has 0 saturated carbocycles. The quantitative estimate of drug-likeness (QED) is 0.197. The number of carboxylic acid groups (broad SMARTS) is 1. The molecule has 2 atom stereocenters. The van der Waals surface area contributed by atoms with Gasteiger partial charge in [0.05, 0.1) is 5.56 Å². The van der Waals surface area contributed by atoms with Gasteiger partial charge in [0.25, 0.3) is 0 Å². The van der Waals surface area contributed by atoms with E-state index in [2.05, 4.69) is 12.2 Å². The maximum absolute atomic E-state index is 11.2. The molecule has 3 nitrogen and oxygen atoms in total. The number of rotatable bonds is 17. The van der Waals surface area contributed by atoms with Crippen molar-refractivity contribution < 1.29 is 9.90 Å². The Morgan fingerprint density at radius 1 is 0.929 bits per heavy atom. The summed E-state index contributed by atoms with van der Waals surface area (Å²) >= 11 is 12.9. The summed E-state index contributed by atoms with van der Waals surface area (Å²) in [7, 11) is 0. The highest BCUT2D eigenvalue weighted by atomic mass is 35.5. The van der Waals surface area contributed by atoms with Crippen LogP contribution in [0.1, 0.15) is 94.3 Å². The van der Waals surface area contributed by atoms with E-state index >= 15 is 0 Å². The van der Waals surface area contributed by atoms with Crippen molar-refractivity contribution in [1.29, 1.82) is 0 Å². The predicted molar refractivity (Wildman–Crippen MR) is 122 cm³/mol. The zero-order valence-electron chi connectivity index (χ0n) is 17.3. The fourth-order valence-electron chi connectivity index (χ4n) is 3.38. The van der Waals surface area contributed by atoms with E-state index in [0.717, 1.165) is 19.3 Å². The Bertz CT molecular complexity index is 539. The first-order valence-electron chi connectivity index (χ1n) is 10.9. The van der Waals surface area contributed by atoms with Gasteiger partial charge in [-0.25, -0.2) is 4.79 Å². The summed E-state index contributed by atoms with van der Waals surface area (Å²) in [6.45, 7) is 2.89. The number of alkyl halides is 2. The molecule has 0 spiro atoms. The van der Waals surface area contributed by atoms with E-state index in [0.29, 0.717) is 12.2 Å². The van der Waals surface area contributed by atoms with Crippen LogP contribution in [0.25, 0.3) is 0 Å². The van der Waals surface area contributed by atoms with Crippen LogP contribution in [0.4, 0.5) is 5.69 Å². The van der Waals surface area contributed by atoms with E-state index in [4.69, 9.17) is 23.2 Å². The topological polar surface area (TPSA) is 49.3 Å². The first-order chi connectivity index (χ1) is 13.5. The van der Waals surface area contributed by atoms with E-state index in [9.17, 15) is 9.90 Å². The number of hydrogen-bond donors (Lipinski definition) is 2.